The highest BCUT2D eigenvalue weighted by molar-refractivity contribution is 6.05. The number of benzene rings is 1. The van der Waals surface area contributed by atoms with Crippen molar-refractivity contribution in [3.05, 3.63) is 35.9 Å². The predicted molar refractivity (Wildman–Crippen MR) is 84.6 cm³/mol. The van der Waals surface area contributed by atoms with Gasteiger partial charge in [0.25, 0.3) is 5.91 Å². The quantitative estimate of drug-likeness (QED) is 0.839. The number of aliphatic hydroxyl groups is 1. The van der Waals surface area contributed by atoms with Gasteiger partial charge in [0.2, 0.25) is 5.91 Å². The summed E-state index contributed by atoms with van der Waals surface area (Å²) in [4.78, 5) is 25.3. The molecule has 1 saturated carbocycles. The number of aliphatic hydroxyl groups excluding tert-OH is 1. The summed E-state index contributed by atoms with van der Waals surface area (Å²) in [6.07, 6.45) is 3.08. The Labute approximate surface area is 136 Å². The van der Waals surface area contributed by atoms with Crippen LogP contribution in [0.3, 0.4) is 0 Å². The van der Waals surface area contributed by atoms with Gasteiger partial charge >= 0.3 is 0 Å². The van der Waals surface area contributed by atoms with E-state index >= 15 is 0 Å². The van der Waals surface area contributed by atoms with E-state index in [0.29, 0.717) is 6.61 Å². The van der Waals surface area contributed by atoms with Crippen molar-refractivity contribution >= 4 is 11.8 Å². The van der Waals surface area contributed by atoms with E-state index in [2.05, 4.69) is 12.1 Å². The van der Waals surface area contributed by atoms with Crippen LogP contribution < -0.4 is 0 Å². The van der Waals surface area contributed by atoms with Gasteiger partial charge in [0.1, 0.15) is 6.10 Å². The van der Waals surface area contributed by atoms with Gasteiger partial charge in [-0.2, -0.15) is 0 Å². The number of imide groups is 1. The first-order chi connectivity index (χ1) is 11.2. The van der Waals surface area contributed by atoms with Crippen molar-refractivity contribution in [2.24, 2.45) is 0 Å². The van der Waals surface area contributed by atoms with Gasteiger partial charge in [-0.3, -0.25) is 14.5 Å². The summed E-state index contributed by atoms with van der Waals surface area (Å²) < 4.78 is 6.02. The molecular formula is C18H23NO4. The molecule has 2 amide bonds. The average Bonchev–Trinajstić information content (AvgIpc) is 2.82. The van der Waals surface area contributed by atoms with Gasteiger partial charge < -0.3 is 9.84 Å². The monoisotopic (exact) mass is 317 g/mol. The molecule has 1 aromatic rings. The van der Waals surface area contributed by atoms with E-state index in [1.807, 2.05) is 18.2 Å². The molecule has 1 aliphatic heterocycles. The first kappa shape index (κ1) is 16.1. The molecule has 3 atom stereocenters. The summed E-state index contributed by atoms with van der Waals surface area (Å²) in [6, 6.07) is 9.88. The Bertz CT molecular complexity index is 559. The van der Waals surface area contributed by atoms with E-state index in [-0.39, 0.29) is 24.5 Å². The van der Waals surface area contributed by atoms with Crippen molar-refractivity contribution in [3.8, 4) is 0 Å². The highest BCUT2D eigenvalue weighted by Gasteiger charge is 2.44. The molecule has 1 aliphatic carbocycles. The molecule has 2 aliphatic rings. The molecule has 5 heteroatoms. The predicted octanol–water partition coefficient (Wildman–Crippen LogP) is 1.68. The first-order valence-corrected chi connectivity index (χ1v) is 8.36. The summed E-state index contributed by atoms with van der Waals surface area (Å²) >= 11 is 0. The van der Waals surface area contributed by atoms with Crippen LogP contribution in [-0.4, -0.2) is 46.7 Å². The molecule has 124 valence electrons. The van der Waals surface area contributed by atoms with Crippen molar-refractivity contribution in [1.82, 2.24) is 4.90 Å². The Morgan fingerprint density at radius 3 is 2.57 bits per heavy atom. The van der Waals surface area contributed by atoms with Crippen molar-refractivity contribution in [2.45, 2.75) is 56.8 Å². The summed E-state index contributed by atoms with van der Waals surface area (Å²) in [5, 5.41) is 9.63. The molecule has 1 saturated heterocycles. The van der Waals surface area contributed by atoms with E-state index in [1.54, 1.807) is 0 Å². The number of rotatable bonds is 5. The van der Waals surface area contributed by atoms with Crippen LogP contribution >= 0.6 is 0 Å². The number of carbonyl (C=O) groups is 2. The molecule has 0 radical (unpaired) electrons. The molecule has 1 aromatic carbocycles. The van der Waals surface area contributed by atoms with E-state index < -0.39 is 12.0 Å². The zero-order chi connectivity index (χ0) is 16.2. The third-order valence-electron chi connectivity index (χ3n) is 4.72. The number of ether oxygens (including phenoxy) is 1. The van der Waals surface area contributed by atoms with Gasteiger partial charge in [0, 0.05) is 0 Å². The third-order valence-corrected chi connectivity index (χ3v) is 4.72. The summed E-state index contributed by atoms with van der Waals surface area (Å²) in [5.74, 6) is -0.732. The van der Waals surface area contributed by atoms with E-state index in [9.17, 15) is 14.7 Å². The molecule has 1 heterocycles. The number of likely N-dealkylation sites (tertiary alicyclic amines) is 1. The molecule has 1 N–H and O–H groups in total. The van der Waals surface area contributed by atoms with Gasteiger partial charge in [-0.05, 0) is 24.8 Å². The van der Waals surface area contributed by atoms with Gasteiger partial charge in [0.15, 0.2) is 0 Å². The number of carbonyl (C=O) groups excluding carboxylic acids is 2. The van der Waals surface area contributed by atoms with Crippen molar-refractivity contribution < 1.29 is 19.4 Å². The van der Waals surface area contributed by atoms with Crippen LogP contribution in [0.4, 0.5) is 0 Å². The van der Waals surface area contributed by atoms with Gasteiger partial charge in [-0.25, -0.2) is 0 Å². The highest BCUT2D eigenvalue weighted by Crippen LogP contribution is 2.29. The lowest BCUT2D eigenvalue weighted by molar-refractivity contribution is -0.149. The van der Waals surface area contributed by atoms with Gasteiger partial charge in [0.05, 0.1) is 25.2 Å². The molecule has 0 aromatic heterocycles. The molecule has 0 bridgehead atoms. The highest BCUT2D eigenvalue weighted by atomic mass is 16.5. The maximum atomic E-state index is 12.1. The fourth-order valence-electron chi connectivity index (χ4n) is 3.52. The first-order valence-electron chi connectivity index (χ1n) is 8.36. The maximum absolute atomic E-state index is 12.1. The molecule has 3 rings (SSSR count). The second kappa shape index (κ2) is 7.23. The van der Waals surface area contributed by atoms with Crippen LogP contribution in [0.25, 0.3) is 0 Å². The van der Waals surface area contributed by atoms with Crippen LogP contribution in [0.1, 0.15) is 37.7 Å². The number of amides is 2. The summed E-state index contributed by atoms with van der Waals surface area (Å²) in [5.41, 5.74) is 1.21. The summed E-state index contributed by atoms with van der Waals surface area (Å²) in [6.45, 7) is 0.573. The minimum atomic E-state index is -1.17. The second-order valence-electron chi connectivity index (χ2n) is 6.32. The third kappa shape index (κ3) is 3.62. The number of nitrogens with zero attached hydrogens (tertiary/aromatic N) is 1. The molecule has 0 unspecified atom stereocenters. The topological polar surface area (TPSA) is 66.8 Å². The minimum Gasteiger partial charge on any atom is -0.383 e. The second-order valence-corrected chi connectivity index (χ2v) is 6.32. The molecule has 5 nitrogen and oxygen atoms in total. The lowest BCUT2D eigenvalue weighted by atomic mass is 9.91. The normalized spacial score (nSPS) is 28.4. The zero-order valence-electron chi connectivity index (χ0n) is 13.2. The Morgan fingerprint density at radius 2 is 1.87 bits per heavy atom. The summed E-state index contributed by atoms with van der Waals surface area (Å²) in [7, 11) is 0. The molecule has 23 heavy (non-hydrogen) atoms. The minimum absolute atomic E-state index is 0.0912. The van der Waals surface area contributed by atoms with Gasteiger partial charge in [-0.15, -0.1) is 0 Å². The van der Waals surface area contributed by atoms with Crippen molar-refractivity contribution in [1.29, 1.82) is 0 Å². The molecule has 2 fully saturated rings. The van der Waals surface area contributed by atoms with Crippen LogP contribution in [0.5, 0.6) is 0 Å². The molecule has 0 spiro atoms. The zero-order valence-corrected chi connectivity index (χ0v) is 13.2. The fraction of sp³-hybridized carbons (Fsp3) is 0.556. The van der Waals surface area contributed by atoms with Crippen LogP contribution in [-0.2, 0) is 20.7 Å². The number of hydrogen-bond acceptors (Lipinski definition) is 4. The Hall–Kier alpha value is -1.72. The lowest BCUT2D eigenvalue weighted by Crippen LogP contribution is -2.50. The van der Waals surface area contributed by atoms with Crippen molar-refractivity contribution in [3.63, 3.8) is 0 Å². The van der Waals surface area contributed by atoms with Crippen LogP contribution in [0.15, 0.2) is 30.3 Å². The van der Waals surface area contributed by atoms with Gasteiger partial charge in [-0.1, -0.05) is 43.2 Å². The Kier molecular flexibility index (Phi) is 5.08. The SMILES string of the molecule is O=C1C[C@H](O)C(=O)N1[C@H]1CCCC[C@@H]1OCCc1ccccc1. The van der Waals surface area contributed by atoms with E-state index in [0.717, 1.165) is 32.1 Å². The van der Waals surface area contributed by atoms with E-state index in [4.69, 9.17) is 4.74 Å². The average molecular weight is 317 g/mol. The smallest absolute Gasteiger partial charge is 0.258 e. The largest absolute Gasteiger partial charge is 0.383 e. The van der Waals surface area contributed by atoms with Crippen LogP contribution in [0.2, 0.25) is 0 Å². The van der Waals surface area contributed by atoms with Crippen LogP contribution in [0, 0.1) is 0 Å². The Balaban J connectivity index is 1.60. The maximum Gasteiger partial charge on any atom is 0.258 e. The Morgan fingerprint density at radius 1 is 1.13 bits per heavy atom. The molecular weight excluding hydrogens is 294 g/mol. The lowest BCUT2D eigenvalue weighted by Gasteiger charge is -2.36. The van der Waals surface area contributed by atoms with E-state index in [1.165, 1.54) is 10.5 Å². The standard InChI is InChI=1S/C18H23NO4/c20-15-12-17(21)19(18(15)22)14-8-4-5-9-16(14)23-11-10-13-6-2-1-3-7-13/h1-3,6-7,14-16,20H,4-5,8-12H2/t14-,15-,16-/m0/s1. The fourth-order valence-corrected chi connectivity index (χ4v) is 3.52. The number of hydrogen-bond donors (Lipinski definition) is 1. The van der Waals surface area contributed by atoms with Crippen molar-refractivity contribution in [2.75, 3.05) is 6.61 Å².